The molecule has 3 aromatic rings. The van der Waals surface area contributed by atoms with Gasteiger partial charge < -0.3 is 9.73 Å². The van der Waals surface area contributed by atoms with Crippen LogP contribution in [0.1, 0.15) is 25.7 Å². The van der Waals surface area contributed by atoms with Crippen LogP contribution in [0.2, 0.25) is 1.41 Å². The molecule has 3 heteroatoms. The minimum atomic E-state index is -2.63. The lowest BCUT2D eigenvalue weighted by Gasteiger charge is -2.19. The average Bonchev–Trinajstić information content (AvgIpc) is 3.00. The molecule has 0 radical (unpaired) electrons. The van der Waals surface area contributed by atoms with E-state index in [1.54, 1.807) is 36.5 Å². The zero-order valence-corrected chi connectivity index (χ0v) is 10.8. The van der Waals surface area contributed by atoms with E-state index in [9.17, 15) is 0 Å². The number of hydrogen-bond acceptors (Lipinski definition) is 3. The van der Waals surface area contributed by atoms with Gasteiger partial charge in [-0.25, -0.2) is 0 Å². The monoisotopic (exact) mass is 270 g/mol. The van der Waals surface area contributed by atoms with Gasteiger partial charge in [-0.15, -0.1) is 0 Å². The maximum Gasteiger partial charge on any atom is 0.197 e. The van der Waals surface area contributed by atoms with E-state index in [0.29, 0.717) is 27.5 Å². The van der Waals surface area contributed by atoms with Crippen molar-refractivity contribution in [2.45, 2.75) is 25.7 Å². The van der Waals surface area contributed by atoms with Crippen molar-refractivity contribution >= 4 is 16.9 Å². The van der Waals surface area contributed by atoms with Crippen LogP contribution in [0.25, 0.3) is 22.2 Å². The highest BCUT2D eigenvalue weighted by Crippen LogP contribution is 2.38. The van der Waals surface area contributed by atoms with Crippen LogP contribution in [0.3, 0.4) is 0 Å². The second kappa shape index (κ2) is 4.37. The van der Waals surface area contributed by atoms with Gasteiger partial charge in [-0.2, -0.15) is 0 Å². The highest BCUT2D eigenvalue weighted by Gasteiger charge is 2.22. The molecule has 0 spiro atoms. The van der Waals surface area contributed by atoms with Gasteiger partial charge in [0.05, 0.1) is 7.06 Å². The SMILES string of the molecule is [2H]N1c2oc3c(-c4ccccn4)cccc3c2C([2H])([2H])C([2H])([2H])C1([2H])C. The smallest absolute Gasteiger partial charge is 0.197 e. The van der Waals surface area contributed by atoms with E-state index in [1.807, 2.05) is 6.07 Å². The van der Waals surface area contributed by atoms with Gasteiger partial charge >= 0.3 is 0 Å². The van der Waals surface area contributed by atoms with Crippen LogP contribution >= 0.6 is 0 Å². The van der Waals surface area contributed by atoms with E-state index in [-0.39, 0.29) is 11.4 Å². The quantitative estimate of drug-likeness (QED) is 0.718. The van der Waals surface area contributed by atoms with Crippen LogP contribution in [0, 0.1) is 0 Å². The number of pyridine rings is 1. The second-order valence-electron chi connectivity index (χ2n) is 4.63. The van der Waals surface area contributed by atoms with Crippen LogP contribution in [0.4, 0.5) is 5.88 Å². The molecule has 1 unspecified atom stereocenters. The van der Waals surface area contributed by atoms with Crippen LogP contribution in [0.15, 0.2) is 47.0 Å². The van der Waals surface area contributed by atoms with Gasteiger partial charge in [0, 0.05) is 34.2 Å². The van der Waals surface area contributed by atoms with Crippen LogP contribution in [-0.4, -0.2) is 11.0 Å². The van der Waals surface area contributed by atoms with E-state index >= 15 is 0 Å². The first kappa shape index (κ1) is 6.93. The molecular formula is C17H16N2O. The van der Waals surface area contributed by atoms with E-state index in [2.05, 4.69) is 4.98 Å². The number of hydrogen-bond donors (Lipinski definition) is 1. The van der Waals surface area contributed by atoms with Crippen LogP contribution < -0.4 is 5.31 Å². The largest absolute Gasteiger partial charge is 0.440 e. The van der Waals surface area contributed by atoms with Crippen molar-refractivity contribution in [2.75, 3.05) is 5.31 Å². The maximum absolute atomic E-state index is 8.42. The molecule has 1 aromatic carbocycles. The average molecular weight is 270 g/mol. The normalized spacial score (nSPS) is 31.4. The van der Waals surface area contributed by atoms with E-state index in [4.69, 9.17) is 12.7 Å². The van der Waals surface area contributed by atoms with Crippen molar-refractivity contribution in [1.29, 1.82) is 0 Å². The lowest BCUT2D eigenvalue weighted by atomic mass is 9.99. The zero-order chi connectivity index (χ0) is 18.9. The maximum atomic E-state index is 8.42. The predicted octanol–water partition coefficient (Wildman–Crippen LogP) is 4.24. The summed E-state index contributed by atoms with van der Waals surface area (Å²) in [6.07, 6.45) is -3.51. The fourth-order valence-electron chi connectivity index (χ4n) is 2.36. The first-order valence-electron chi connectivity index (χ1n) is 9.32. The molecule has 0 bridgehead atoms. The number of anilines is 1. The van der Waals surface area contributed by atoms with Crippen molar-refractivity contribution in [3.63, 3.8) is 0 Å². The Bertz CT molecular complexity index is 999. The summed E-state index contributed by atoms with van der Waals surface area (Å²) >= 11 is 0. The van der Waals surface area contributed by atoms with Crippen molar-refractivity contribution in [3.8, 4) is 11.3 Å². The molecule has 4 rings (SSSR count). The van der Waals surface area contributed by atoms with Crippen LogP contribution in [0.5, 0.6) is 0 Å². The van der Waals surface area contributed by atoms with Crippen molar-refractivity contribution in [3.05, 3.63) is 48.2 Å². The Balaban J connectivity index is 2.09. The summed E-state index contributed by atoms with van der Waals surface area (Å²) in [4.78, 5) is 4.29. The number of aryl methyl sites for hydroxylation is 1. The number of nitrogens with zero attached hydrogens (tertiary/aromatic N) is 1. The summed E-state index contributed by atoms with van der Waals surface area (Å²) in [6, 6.07) is 8.35. The van der Waals surface area contributed by atoms with Crippen molar-refractivity contribution < 1.29 is 12.7 Å². The Morgan fingerprint density at radius 1 is 1.40 bits per heavy atom. The fraction of sp³-hybridized carbons (Fsp3) is 0.235. The Kier molecular flexibility index (Phi) is 1.52. The third kappa shape index (κ3) is 1.70. The minimum Gasteiger partial charge on any atom is -0.440 e. The van der Waals surface area contributed by atoms with Gasteiger partial charge in [-0.05, 0) is 37.9 Å². The Morgan fingerprint density at radius 2 is 2.35 bits per heavy atom. The summed E-state index contributed by atoms with van der Waals surface area (Å²) in [5.41, 5.74) is 1.52. The molecule has 0 aliphatic carbocycles. The molecular weight excluding hydrogens is 248 g/mol. The Labute approximate surface area is 126 Å². The van der Waals surface area contributed by atoms with Gasteiger partial charge in [0.2, 0.25) is 0 Å². The number of rotatable bonds is 1. The molecule has 0 fully saturated rings. The molecule has 1 aliphatic heterocycles. The molecule has 1 atom stereocenters. The second-order valence-corrected chi connectivity index (χ2v) is 4.63. The fourth-order valence-corrected chi connectivity index (χ4v) is 2.36. The summed E-state index contributed by atoms with van der Waals surface area (Å²) < 4.78 is 55.6. The molecule has 0 amide bonds. The molecule has 20 heavy (non-hydrogen) atoms. The van der Waals surface area contributed by atoms with Gasteiger partial charge in [0.25, 0.3) is 0 Å². The highest BCUT2D eigenvalue weighted by molar-refractivity contribution is 5.96. The lowest BCUT2D eigenvalue weighted by molar-refractivity contribution is 0.576. The van der Waals surface area contributed by atoms with Gasteiger partial charge in [-0.1, -0.05) is 18.2 Å². The molecule has 2 aromatic heterocycles. The molecule has 100 valence electrons. The minimum absolute atomic E-state index is 0.0463. The summed E-state index contributed by atoms with van der Waals surface area (Å²) in [5, 5.41) is 0.996. The number of para-hydroxylation sites is 1. The van der Waals surface area contributed by atoms with E-state index in [0.717, 1.165) is 0 Å². The zero-order valence-electron chi connectivity index (χ0n) is 16.8. The topological polar surface area (TPSA) is 38.1 Å². The number of fused-ring (bicyclic) bond motifs is 3. The third-order valence-corrected chi connectivity index (χ3v) is 3.28. The van der Waals surface area contributed by atoms with Crippen LogP contribution in [-0.2, 0) is 6.37 Å². The van der Waals surface area contributed by atoms with Gasteiger partial charge in [-0.3, -0.25) is 4.98 Å². The lowest BCUT2D eigenvalue weighted by Crippen LogP contribution is -2.20. The molecule has 3 nitrogen and oxygen atoms in total. The summed E-state index contributed by atoms with van der Waals surface area (Å²) in [6.45, 7) is 1.17. The third-order valence-electron chi connectivity index (χ3n) is 3.28. The number of nitrogens with one attached hydrogen (secondary N) is 1. The number of furan rings is 1. The number of benzene rings is 1. The first-order chi connectivity index (χ1) is 12.1. The van der Waals surface area contributed by atoms with Crippen molar-refractivity contribution in [1.82, 2.24) is 4.98 Å². The van der Waals surface area contributed by atoms with Gasteiger partial charge in [0.1, 0.15) is 5.58 Å². The molecule has 1 aliphatic rings. The molecule has 0 saturated carbocycles. The first-order valence-corrected chi connectivity index (χ1v) is 6.37. The molecule has 1 N–H and O–H groups in total. The summed E-state index contributed by atoms with van der Waals surface area (Å²) in [5.74, 6) is -0.152. The Morgan fingerprint density at radius 3 is 3.20 bits per heavy atom. The molecule has 3 heterocycles. The standard InChI is InChI=1S/C17H16N2O/c1-11-8-9-13-12-5-4-6-14(15-7-2-3-10-18-15)16(12)20-17(13)19-11/h2-7,10-11,19H,8-9H2,1H3/i8D2,9D2,11D/hD. The highest BCUT2D eigenvalue weighted by atomic mass is 16.4. The summed E-state index contributed by atoms with van der Waals surface area (Å²) in [7, 11) is 0. The van der Waals surface area contributed by atoms with Gasteiger partial charge in [0.15, 0.2) is 7.30 Å². The molecule has 0 saturated heterocycles. The van der Waals surface area contributed by atoms with E-state index < -0.39 is 18.8 Å². The predicted molar refractivity (Wildman–Crippen MR) is 80.9 cm³/mol. The van der Waals surface area contributed by atoms with Crippen molar-refractivity contribution in [2.24, 2.45) is 0 Å². The number of aromatic nitrogens is 1. The van der Waals surface area contributed by atoms with E-state index in [1.165, 1.54) is 6.92 Å². The Hall–Kier alpha value is -2.29.